The lowest BCUT2D eigenvalue weighted by molar-refractivity contribution is -0.0510. The van der Waals surface area contributed by atoms with Gasteiger partial charge in [0.25, 0.3) is 0 Å². The lowest BCUT2D eigenvalue weighted by atomic mass is 10.1. The molecule has 1 atom stereocenters. The highest BCUT2D eigenvalue weighted by atomic mass is 79.9. The van der Waals surface area contributed by atoms with Gasteiger partial charge in [-0.2, -0.15) is 0 Å². The molecule has 3 heteroatoms. The Bertz CT molecular complexity index is 90.4. The van der Waals surface area contributed by atoms with Crippen LogP contribution in [0.15, 0.2) is 0 Å². The summed E-state index contributed by atoms with van der Waals surface area (Å²) in [6, 6.07) is 0. The van der Waals surface area contributed by atoms with Crippen molar-refractivity contribution in [3.05, 3.63) is 0 Å². The molecule has 1 saturated heterocycles. The van der Waals surface area contributed by atoms with E-state index in [2.05, 4.69) is 38.8 Å². The van der Waals surface area contributed by atoms with Gasteiger partial charge in [0.2, 0.25) is 0 Å². The molecule has 1 unspecified atom stereocenters. The second-order valence-electron chi connectivity index (χ2n) is 1.97. The van der Waals surface area contributed by atoms with E-state index in [0.717, 1.165) is 13.0 Å². The monoisotopic (exact) mass is 242 g/mol. The van der Waals surface area contributed by atoms with Crippen LogP contribution in [0.5, 0.6) is 0 Å². The molecule has 1 rings (SSSR count). The number of alkyl halides is 2. The fourth-order valence-electron chi connectivity index (χ4n) is 0.744. The first-order valence-electron chi connectivity index (χ1n) is 2.66. The highest BCUT2D eigenvalue weighted by Gasteiger charge is 2.42. The maximum absolute atomic E-state index is 5.20. The largest absolute Gasteiger partial charge is 0.373 e. The number of rotatable bonds is 1. The van der Waals surface area contributed by atoms with E-state index in [9.17, 15) is 0 Å². The van der Waals surface area contributed by atoms with E-state index < -0.39 is 0 Å². The van der Waals surface area contributed by atoms with Gasteiger partial charge in [0, 0.05) is 0 Å². The van der Waals surface area contributed by atoms with Crippen LogP contribution in [0.4, 0.5) is 0 Å². The van der Waals surface area contributed by atoms with E-state index in [1.807, 2.05) is 0 Å². The molecule has 0 radical (unpaired) electrons. The van der Waals surface area contributed by atoms with Crippen LogP contribution in [0.3, 0.4) is 0 Å². The smallest absolute Gasteiger partial charge is 0.130 e. The molecule has 0 N–H and O–H groups in total. The Morgan fingerprint density at radius 2 is 2.38 bits per heavy atom. The normalized spacial score (nSPS) is 34.1. The number of hydrogen-bond acceptors (Lipinski definition) is 1. The summed E-state index contributed by atoms with van der Waals surface area (Å²) in [5.41, 5.74) is 0. The summed E-state index contributed by atoms with van der Waals surface area (Å²) in [5.74, 6) is 0. The van der Waals surface area contributed by atoms with Crippen molar-refractivity contribution in [1.29, 1.82) is 0 Å². The minimum Gasteiger partial charge on any atom is -0.373 e. The number of ether oxygens (including phenoxy) is 1. The van der Waals surface area contributed by atoms with Gasteiger partial charge in [0.05, 0.1) is 12.7 Å². The zero-order chi connectivity index (χ0) is 6.20. The lowest BCUT2D eigenvalue weighted by Gasteiger charge is -2.39. The predicted octanol–water partition coefficient (Wildman–Crippen LogP) is 2.28. The molecule has 0 aromatic heterocycles. The van der Waals surface area contributed by atoms with Crippen molar-refractivity contribution in [1.82, 2.24) is 0 Å². The van der Waals surface area contributed by atoms with E-state index in [-0.39, 0.29) is 3.23 Å². The van der Waals surface area contributed by atoms with E-state index in [4.69, 9.17) is 4.74 Å². The molecule has 0 aromatic carbocycles. The van der Waals surface area contributed by atoms with Gasteiger partial charge in [-0.15, -0.1) is 0 Å². The molecule has 0 amide bonds. The van der Waals surface area contributed by atoms with Gasteiger partial charge >= 0.3 is 0 Å². The number of halogens is 2. The molecular weight excluding hydrogens is 236 g/mol. The fraction of sp³-hybridized carbons (Fsp3) is 1.00. The Hall–Kier alpha value is 0.920. The van der Waals surface area contributed by atoms with E-state index >= 15 is 0 Å². The van der Waals surface area contributed by atoms with Crippen LogP contribution in [0.1, 0.15) is 13.3 Å². The SMILES string of the molecule is CCC1OCC1(Br)Br. The Morgan fingerprint density at radius 1 is 1.75 bits per heavy atom. The first kappa shape index (κ1) is 7.03. The highest BCUT2D eigenvalue weighted by molar-refractivity contribution is 9.25. The van der Waals surface area contributed by atoms with Gasteiger partial charge in [-0.05, 0) is 6.42 Å². The molecule has 0 spiro atoms. The first-order chi connectivity index (χ1) is 3.67. The Morgan fingerprint density at radius 3 is 2.38 bits per heavy atom. The molecule has 8 heavy (non-hydrogen) atoms. The summed E-state index contributed by atoms with van der Waals surface area (Å²) in [6.07, 6.45) is 1.43. The third-order valence-electron chi connectivity index (χ3n) is 1.32. The molecule has 0 bridgehead atoms. The van der Waals surface area contributed by atoms with Crippen LogP contribution in [0.2, 0.25) is 0 Å². The highest BCUT2D eigenvalue weighted by Crippen LogP contribution is 2.41. The van der Waals surface area contributed by atoms with Gasteiger partial charge in [0.15, 0.2) is 0 Å². The Balaban J connectivity index is 2.37. The lowest BCUT2D eigenvalue weighted by Crippen LogP contribution is -2.48. The third kappa shape index (κ3) is 1.09. The zero-order valence-electron chi connectivity index (χ0n) is 4.66. The van der Waals surface area contributed by atoms with E-state index in [1.54, 1.807) is 0 Å². The van der Waals surface area contributed by atoms with E-state index in [1.165, 1.54) is 0 Å². The maximum Gasteiger partial charge on any atom is 0.130 e. The molecule has 1 nitrogen and oxygen atoms in total. The summed E-state index contributed by atoms with van der Waals surface area (Å²) in [4.78, 5) is 0. The average molecular weight is 244 g/mol. The van der Waals surface area contributed by atoms with Crippen LogP contribution in [0, 0.1) is 0 Å². The standard InChI is InChI=1S/C5H8Br2O/c1-2-4-5(6,7)3-8-4/h4H,2-3H2,1H3. The topological polar surface area (TPSA) is 9.23 Å². The average Bonchev–Trinajstić information content (AvgIpc) is 1.66. The molecule has 1 aliphatic rings. The maximum atomic E-state index is 5.20. The van der Waals surface area contributed by atoms with Gasteiger partial charge in [-0.3, -0.25) is 0 Å². The van der Waals surface area contributed by atoms with Gasteiger partial charge < -0.3 is 4.74 Å². The van der Waals surface area contributed by atoms with Gasteiger partial charge in [-0.25, -0.2) is 0 Å². The van der Waals surface area contributed by atoms with Gasteiger partial charge in [-0.1, -0.05) is 38.8 Å². The summed E-state index contributed by atoms with van der Waals surface area (Å²) in [6.45, 7) is 2.90. The van der Waals surface area contributed by atoms with Crippen molar-refractivity contribution < 1.29 is 4.74 Å². The molecule has 1 heterocycles. The molecule has 48 valence electrons. The summed E-state index contributed by atoms with van der Waals surface area (Å²) in [7, 11) is 0. The van der Waals surface area contributed by atoms with Crippen LogP contribution >= 0.6 is 31.9 Å². The van der Waals surface area contributed by atoms with Crippen LogP contribution < -0.4 is 0 Å². The summed E-state index contributed by atoms with van der Waals surface area (Å²) in [5, 5.41) is 0. The minimum atomic E-state index is 0.0920. The van der Waals surface area contributed by atoms with Crippen molar-refractivity contribution in [3.8, 4) is 0 Å². The fourth-order valence-corrected chi connectivity index (χ4v) is 1.92. The molecule has 1 fully saturated rings. The van der Waals surface area contributed by atoms with Crippen molar-refractivity contribution >= 4 is 31.9 Å². The quantitative estimate of drug-likeness (QED) is 0.643. The van der Waals surface area contributed by atoms with E-state index in [0.29, 0.717) is 6.10 Å². The van der Waals surface area contributed by atoms with Crippen LogP contribution in [-0.4, -0.2) is 15.9 Å². The molecule has 1 aliphatic heterocycles. The molecule has 0 aromatic rings. The zero-order valence-corrected chi connectivity index (χ0v) is 7.83. The Kier molecular flexibility index (Phi) is 2.00. The third-order valence-corrected chi connectivity index (χ3v) is 2.80. The van der Waals surface area contributed by atoms with Gasteiger partial charge in [0.1, 0.15) is 3.23 Å². The molecule has 0 aliphatic carbocycles. The van der Waals surface area contributed by atoms with Crippen molar-refractivity contribution in [2.45, 2.75) is 22.7 Å². The second kappa shape index (κ2) is 2.27. The summed E-state index contributed by atoms with van der Waals surface area (Å²) >= 11 is 6.97. The Labute approximate surface area is 66.0 Å². The summed E-state index contributed by atoms with van der Waals surface area (Å²) < 4.78 is 5.29. The van der Waals surface area contributed by atoms with Crippen LogP contribution in [0.25, 0.3) is 0 Å². The number of hydrogen-bond donors (Lipinski definition) is 0. The van der Waals surface area contributed by atoms with Crippen LogP contribution in [-0.2, 0) is 4.74 Å². The molecular formula is C5H8Br2O. The van der Waals surface area contributed by atoms with Crippen molar-refractivity contribution in [2.75, 3.05) is 6.61 Å². The predicted molar refractivity (Wildman–Crippen MR) is 40.6 cm³/mol. The van der Waals surface area contributed by atoms with Crippen molar-refractivity contribution in [3.63, 3.8) is 0 Å². The second-order valence-corrected chi connectivity index (χ2v) is 5.86. The minimum absolute atomic E-state index is 0.0920. The molecule has 0 saturated carbocycles. The van der Waals surface area contributed by atoms with Crippen molar-refractivity contribution in [2.24, 2.45) is 0 Å². The first-order valence-corrected chi connectivity index (χ1v) is 4.25.